The Kier molecular flexibility index (Phi) is 8.50. The SMILES string of the molecule is CC.CC.CC.Cc1cccc2c1C(=O)CC21CN(C)C1. The zero-order valence-electron chi connectivity index (χ0n) is 15.2. The number of Topliss-reactive ketones (excluding diaryl/α,β-unsaturated/α-hetero) is 1. The molecule has 0 amide bonds. The molecule has 0 aromatic heterocycles. The fourth-order valence-corrected chi connectivity index (χ4v) is 3.24. The second-order valence-electron chi connectivity index (χ2n) is 5.05. The average Bonchev–Trinajstić information content (AvgIpc) is 2.80. The largest absolute Gasteiger partial charge is 0.304 e. The summed E-state index contributed by atoms with van der Waals surface area (Å²) in [6.07, 6.45) is 0.720. The Morgan fingerprint density at radius 1 is 1.00 bits per heavy atom. The van der Waals surface area contributed by atoms with Crippen molar-refractivity contribution in [1.29, 1.82) is 0 Å². The van der Waals surface area contributed by atoms with Crippen LogP contribution in [-0.4, -0.2) is 30.8 Å². The fourth-order valence-electron chi connectivity index (χ4n) is 3.24. The summed E-state index contributed by atoms with van der Waals surface area (Å²) >= 11 is 0. The molecule has 0 atom stereocenters. The van der Waals surface area contributed by atoms with Crippen LogP contribution in [0.1, 0.15) is 69.4 Å². The lowest BCUT2D eigenvalue weighted by molar-refractivity contribution is 0.0766. The number of carbonyl (C=O) groups excluding carboxylic acids is 1. The summed E-state index contributed by atoms with van der Waals surface area (Å²) in [5.74, 6) is 0.344. The molecule has 2 nitrogen and oxygen atoms in total. The summed E-state index contributed by atoms with van der Waals surface area (Å²) in [5, 5.41) is 0. The first-order valence-electron chi connectivity index (χ1n) is 8.44. The Labute approximate surface area is 131 Å². The predicted molar refractivity (Wildman–Crippen MR) is 93.3 cm³/mol. The van der Waals surface area contributed by atoms with Gasteiger partial charge in [0.25, 0.3) is 0 Å². The van der Waals surface area contributed by atoms with E-state index < -0.39 is 0 Å². The van der Waals surface area contributed by atoms with E-state index in [9.17, 15) is 4.79 Å². The lowest BCUT2D eigenvalue weighted by Crippen LogP contribution is -2.56. The molecule has 1 heterocycles. The molecule has 3 rings (SSSR count). The quantitative estimate of drug-likeness (QED) is 0.681. The number of hydrogen-bond donors (Lipinski definition) is 0. The van der Waals surface area contributed by atoms with E-state index in [-0.39, 0.29) is 5.41 Å². The van der Waals surface area contributed by atoms with Crippen molar-refractivity contribution in [1.82, 2.24) is 4.90 Å². The minimum atomic E-state index is 0.160. The monoisotopic (exact) mass is 291 g/mol. The normalized spacial score (nSPS) is 17.2. The van der Waals surface area contributed by atoms with Crippen LogP contribution in [0.4, 0.5) is 0 Å². The maximum atomic E-state index is 12.0. The zero-order valence-corrected chi connectivity index (χ0v) is 15.2. The number of likely N-dealkylation sites (N-methyl/N-ethyl adjacent to an activating group) is 1. The van der Waals surface area contributed by atoms with Gasteiger partial charge < -0.3 is 4.90 Å². The number of nitrogens with zero attached hydrogens (tertiary/aromatic N) is 1. The van der Waals surface area contributed by atoms with Crippen molar-refractivity contribution in [3.63, 3.8) is 0 Å². The van der Waals surface area contributed by atoms with Crippen molar-refractivity contribution in [3.05, 3.63) is 34.9 Å². The molecule has 1 spiro atoms. The van der Waals surface area contributed by atoms with E-state index in [1.54, 1.807) is 0 Å². The molecule has 0 N–H and O–H groups in total. The van der Waals surface area contributed by atoms with E-state index in [2.05, 4.69) is 24.1 Å². The van der Waals surface area contributed by atoms with Crippen molar-refractivity contribution in [2.24, 2.45) is 0 Å². The fraction of sp³-hybridized carbons (Fsp3) is 0.632. The van der Waals surface area contributed by atoms with Gasteiger partial charge in [-0.15, -0.1) is 0 Å². The molecule has 1 aromatic rings. The second kappa shape index (κ2) is 8.99. The van der Waals surface area contributed by atoms with Crippen LogP contribution in [0.5, 0.6) is 0 Å². The van der Waals surface area contributed by atoms with Gasteiger partial charge >= 0.3 is 0 Å². The predicted octanol–water partition coefficient (Wildman–Crippen LogP) is 4.84. The number of carbonyl (C=O) groups is 1. The molecule has 0 unspecified atom stereocenters. The van der Waals surface area contributed by atoms with E-state index in [1.165, 1.54) is 5.56 Å². The Bertz CT molecular complexity index is 445. The molecule has 0 radical (unpaired) electrons. The molecule has 1 aliphatic carbocycles. The Hall–Kier alpha value is -1.15. The molecule has 1 saturated heterocycles. The second-order valence-corrected chi connectivity index (χ2v) is 5.05. The van der Waals surface area contributed by atoms with E-state index in [4.69, 9.17) is 0 Å². The zero-order chi connectivity index (χ0) is 16.6. The first kappa shape index (κ1) is 19.9. The molecule has 2 heteroatoms. The minimum Gasteiger partial charge on any atom is -0.304 e. The molecule has 21 heavy (non-hydrogen) atoms. The summed E-state index contributed by atoms with van der Waals surface area (Å²) in [6, 6.07) is 6.26. The van der Waals surface area contributed by atoms with Gasteiger partial charge in [-0.25, -0.2) is 0 Å². The highest BCUT2D eigenvalue weighted by atomic mass is 16.1. The molecule has 2 aliphatic rings. The highest BCUT2D eigenvalue weighted by molar-refractivity contribution is 6.03. The van der Waals surface area contributed by atoms with E-state index in [1.807, 2.05) is 54.5 Å². The number of aryl methyl sites for hydroxylation is 1. The summed E-state index contributed by atoms with van der Waals surface area (Å²) < 4.78 is 0. The van der Waals surface area contributed by atoms with Gasteiger partial charge in [-0.3, -0.25) is 4.79 Å². The van der Waals surface area contributed by atoms with Crippen LogP contribution in [0.15, 0.2) is 18.2 Å². The van der Waals surface area contributed by atoms with Gasteiger partial charge in [-0.05, 0) is 25.1 Å². The summed E-state index contributed by atoms with van der Waals surface area (Å²) in [4.78, 5) is 14.3. The van der Waals surface area contributed by atoms with Crippen LogP contribution in [0.3, 0.4) is 0 Å². The standard InChI is InChI=1S/C13H15NO.3C2H6/c1-9-4-3-5-10-12(9)11(15)6-13(10)7-14(2)8-13;3*1-2/h3-5H,6-8H2,1-2H3;3*1-2H3. The number of hydrogen-bond acceptors (Lipinski definition) is 2. The Morgan fingerprint density at radius 3 is 2.00 bits per heavy atom. The van der Waals surface area contributed by atoms with Gasteiger partial charge in [0.15, 0.2) is 5.78 Å². The van der Waals surface area contributed by atoms with Gasteiger partial charge in [0, 0.05) is 30.5 Å². The van der Waals surface area contributed by atoms with Gasteiger partial charge in [0.05, 0.1) is 0 Å². The smallest absolute Gasteiger partial charge is 0.164 e. The summed E-state index contributed by atoms with van der Waals surface area (Å²) in [6.45, 7) is 16.1. The summed E-state index contributed by atoms with van der Waals surface area (Å²) in [5.41, 5.74) is 3.60. The number of rotatable bonds is 0. The van der Waals surface area contributed by atoms with Crippen molar-refractivity contribution in [3.8, 4) is 0 Å². The highest BCUT2D eigenvalue weighted by Crippen LogP contribution is 2.45. The van der Waals surface area contributed by atoms with Crippen molar-refractivity contribution in [2.45, 2.75) is 60.3 Å². The lowest BCUT2D eigenvalue weighted by atomic mass is 9.75. The molecule has 1 fully saturated rings. The van der Waals surface area contributed by atoms with Gasteiger partial charge in [-0.1, -0.05) is 59.7 Å². The third-order valence-corrected chi connectivity index (χ3v) is 3.77. The van der Waals surface area contributed by atoms with Crippen LogP contribution in [0, 0.1) is 6.92 Å². The van der Waals surface area contributed by atoms with Crippen LogP contribution >= 0.6 is 0 Å². The van der Waals surface area contributed by atoms with Crippen LogP contribution in [0.2, 0.25) is 0 Å². The molecule has 0 bridgehead atoms. The number of likely N-dealkylation sites (tertiary alicyclic amines) is 1. The van der Waals surface area contributed by atoms with Crippen molar-refractivity contribution < 1.29 is 4.79 Å². The maximum Gasteiger partial charge on any atom is 0.164 e. The molecule has 0 saturated carbocycles. The highest BCUT2D eigenvalue weighted by Gasteiger charge is 2.50. The molecule has 1 aromatic carbocycles. The first-order chi connectivity index (χ1) is 10.1. The maximum absolute atomic E-state index is 12.0. The molecular weight excluding hydrogens is 258 g/mol. The number of fused-ring (bicyclic) bond motifs is 2. The molecule has 120 valence electrons. The summed E-state index contributed by atoms with van der Waals surface area (Å²) in [7, 11) is 2.11. The molecule has 1 aliphatic heterocycles. The third kappa shape index (κ3) is 3.74. The minimum absolute atomic E-state index is 0.160. The Balaban J connectivity index is 0.000000598. The van der Waals surface area contributed by atoms with Crippen molar-refractivity contribution in [2.75, 3.05) is 20.1 Å². The molecular formula is C19H33NO. The average molecular weight is 291 g/mol. The van der Waals surface area contributed by atoms with Gasteiger partial charge in [0.1, 0.15) is 0 Å². The van der Waals surface area contributed by atoms with Crippen molar-refractivity contribution >= 4 is 5.78 Å². The topological polar surface area (TPSA) is 20.3 Å². The van der Waals surface area contributed by atoms with E-state index >= 15 is 0 Å². The van der Waals surface area contributed by atoms with E-state index in [0.29, 0.717) is 5.78 Å². The third-order valence-electron chi connectivity index (χ3n) is 3.77. The van der Waals surface area contributed by atoms with Crippen LogP contribution in [-0.2, 0) is 5.41 Å². The lowest BCUT2D eigenvalue weighted by Gasteiger charge is -2.46. The number of ketones is 1. The first-order valence-corrected chi connectivity index (χ1v) is 8.44. The number of benzene rings is 1. The van der Waals surface area contributed by atoms with Crippen LogP contribution in [0.25, 0.3) is 0 Å². The van der Waals surface area contributed by atoms with Crippen LogP contribution < -0.4 is 0 Å². The van der Waals surface area contributed by atoms with Gasteiger partial charge in [0.2, 0.25) is 0 Å². The van der Waals surface area contributed by atoms with Gasteiger partial charge in [-0.2, -0.15) is 0 Å². The Morgan fingerprint density at radius 2 is 1.52 bits per heavy atom. The van der Waals surface area contributed by atoms with E-state index in [0.717, 1.165) is 30.6 Å².